The fraction of sp³-hybridized carbons (Fsp3) is 0.182. The summed E-state index contributed by atoms with van der Waals surface area (Å²) >= 11 is 5.90. The van der Waals surface area contributed by atoms with Crippen LogP contribution in [-0.2, 0) is 13.7 Å². The molecule has 0 aliphatic heterocycles. The van der Waals surface area contributed by atoms with E-state index in [9.17, 15) is 0 Å². The number of aromatic nitrogens is 3. The molecule has 1 aromatic heterocycles. The number of hydrogen-bond donors (Lipinski definition) is 2. The van der Waals surface area contributed by atoms with Gasteiger partial charge < -0.3 is 15.7 Å². The van der Waals surface area contributed by atoms with Gasteiger partial charge in [0, 0.05) is 12.1 Å². The van der Waals surface area contributed by atoms with Crippen LogP contribution in [0.4, 0.5) is 0 Å². The molecule has 2 rings (SSSR count). The van der Waals surface area contributed by atoms with Crippen molar-refractivity contribution < 1.29 is 9.94 Å². The molecule has 0 aliphatic carbocycles. The first-order chi connectivity index (χ1) is 9.11. The van der Waals surface area contributed by atoms with Crippen molar-refractivity contribution in [1.29, 1.82) is 0 Å². The van der Waals surface area contributed by atoms with Gasteiger partial charge in [0.05, 0.1) is 5.56 Å². The number of amidine groups is 1. The molecular weight excluding hydrogens is 270 g/mol. The quantitative estimate of drug-likeness (QED) is 0.379. The molecule has 100 valence electrons. The Morgan fingerprint density at radius 3 is 3.00 bits per heavy atom. The first-order valence-electron chi connectivity index (χ1n) is 5.35. The van der Waals surface area contributed by atoms with Gasteiger partial charge in [0.25, 0.3) is 0 Å². The Bertz CT molecular complexity index is 611. The lowest BCUT2D eigenvalue weighted by Gasteiger charge is -2.10. The lowest BCUT2D eigenvalue weighted by molar-refractivity contribution is 0.288. The average Bonchev–Trinajstić information content (AvgIpc) is 2.81. The van der Waals surface area contributed by atoms with E-state index < -0.39 is 0 Å². The first kappa shape index (κ1) is 13.2. The van der Waals surface area contributed by atoms with Crippen LogP contribution in [0.15, 0.2) is 29.7 Å². The maximum Gasteiger partial charge on any atom is 0.173 e. The molecule has 0 radical (unpaired) electrons. The summed E-state index contributed by atoms with van der Waals surface area (Å²) in [6, 6.07) is 4.83. The van der Waals surface area contributed by atoms with E-state index in [4.69, 9.17) is 27.3 Å². The van der Waals surface area contributed by atoms with E-state index in [2.05, 4.69) is 15.2 Å². The SMILES string of the molecule is Cn1ncnc1COc1cc(Cl)ccc1/C(N)=N/O. The van der Waals surface area contributed by atoms with Crippen LogP contribution < -0.4 is 10.5 Å². The molecule has 0 aliphatic rings. The minimum Gasteiger partial charge on any atom is -0.485 e. The van der Waals surface area contributed by atoms with Crippen LogP contribution in [0.25, 0.3) is 0 Å². The highest BCUT2D eigenvalue weighted by Crippen LogP contribution is 2.24. The summed E-state index contributed by atoms with van der Waals surface area (Å²) < 4.78 is 7.18. The monoisotopic (exact) mass is 281 g/mol. The Hall–Kier alpha value is -2.28. The van der Waals surface area contributed by atoms with Gasteiger partial charge >= 0.3 is 0 Å². The van der Waals surface area contributed by atoms with E-state index in [1.807, 2.05) is 0 Å². The maximum absolute atomic E-state index is 8.73. The molecule has 1 aromatic carbocycles. The summed E-state index contributed by atoms with van der Waals surface area (Å²) in [5.41, 5.74) is 6.02. The summed E-state index contributed by atoms with van der Waals surface area (Å²) in [5.74, 6) is 1.00. The van der Waals surface area contributed by atoms with Crippen molar-refractivity contribution in [3.05, 3.63) is 40.9 Å². The molecule has 0 unspecified atom stereocenters. The van der Waals surface area contributed by atoms with Gasteiger partial charge in [-0.1, -0.05) is 16.8 Å². The minimum atomic E-state index is -0.0513. The number of halogens is 1. The van der Waals surface area contributed by atoms with Crippen LogP contribution in [0.2, 0.25) is 5.02 Å². The number of ether oxygens (including phenoxy) is 1. The normalized spacial score (nSPS) is 11.6. The second kappa shape index (κ2) is 5.57. The van der Waals surface area contributed by atoms with E-state index in [1.165, 1.54) is 6.33 Å². The van der Waals surface area contributed by atoms with Crippen molar-refractivity contribution in [2.45, 2.75) is 6.61 Å². The molecule has 8 heteroatoms. The van der Waals surface area contributed by atoms with Gasteiger partial charge in [-0.25, -0.2) is 4.98 Å². The van der Waals surface area contributed by atoms with Crippen LogP contribution in [0.1, 0.15) is 11.4 Å². The second-order valence-electron chi connectivity index (χ2n) is 3.71. The van der Waals surface area contributed by atoms with E-state index in [1.54, 1.807) is 29.9 Å². The molecule has 0 saturated heterocycles. The highest BCUT2D eigenvalue weighted by Gasteiger charge is 2.10. The number of nitrogens with two attached hydrogens (primary N) is 1. The Morgan fingerprint density at radius 1 is 1.58 bits per heavy atom. The fourth-order valence-electron chi connectivity index (χ4n) is 1.47. The predicted octanol–water partition coefficient (Wildman–Crippen LogP) is 1.14. The molecule has 1 heterocycles. The molecule has 0 saturated carbocycles. The third kappa shape index (κ3) is 2.94. The third-order valence-electron chi connectivity index (χ3n) is 2.49. The molecule has 0 amide bonds. The molecule has 2 aromatic rings. The topological polar surface area (TPSA) is 98.5 Å². The predicted molar refractivity (Wildman–Crippen MR) is 69.3 cm³/mol. The number of hydrogen-bond acceptors (Lipinski definition) is 5. The number of aryl methyl sites for hydroxylation is 1. The Morgan fingerprint density at radius 2 is 2.37 bits per heavy atom. The van der Waals surface area contributed by atoms with Gasteiger partial charge in [-0.15, -0.1) is 0 Å². The lowest BCUT2D eigenvalue weighted by Crippen LogP contribution is -2.15. The largest absolute Gasteiger partial charge is 0.485 e. The smallest absolute Gasteiger partial charge is 0.173 e. The molecule has 7 nitrogen and oxygen atoms in total. The molecular formula is C11H12ClN5O2. The first-order valence-corrected chi connectivity index (χ1v) is 5.72. The summed E-state index contributed by atoms with van der Waals surface area (Å²) in [4.78, 5) is 4.03. The third-order valence-corrected chi connectivity index (χ3v) is 2.72. The molecule has 0 fully saturated rings. The highest BCUT2D eigenvalue weighted by molar-refractivity contribution is 6.30. The lowest BCUT2D eigenvalue weighted by atomic mass is 10.2. The Kier molecular flexibility index (Phi) is 3.86. The maximum atomic E-state index is 8.73. The zero-order valence-corrected chi connectivity index (χ0v) is 10.9. The summed E-state index contributed by atoms with van der Waals surface area (Å²) in [6.45, 7) is 0.197. The number of nitrogens with zero attached hydrogens (tertiary/aromatic N) is 4. The average molecular weight is 282 g/mol. The minimum absolute atomic E-state index is 0.0513. The van der Waals surface area contributed by atoms with Crippen LogP contribution in [0.5, 0.6) is 5.75 Å². The Labute approximate surface area is 114 Å². The zero-order chi connectivity index (χ0) is 13.8. The van der Waals surface area contributed by atoms with Crippen molar-refractivity contribution in [3.63, 3.8) is 0 Å². The summed E-state index contributed by atoms with van der Waals surface area (Å²) in [7, 11) is 1.76. The van der Waals surface area contributed by atoms with Gasteiger partial charge in [0.15, 0.2) is 11.7 Å². The number of benzene rings is 1. The molecule has 0 bridgehead atoms. The van der Waals surface area contributed by atoms with Crippen LogP contribution >= 0.6 is 11.6 Å². The number of rotatable bonds is 4. The van der Waals surface area contributed by atoms with Crippen molar-refractivity contribution in [1.82, 2.24) is 14.8 Å². The van der Waals surface area contributed by atoms with E-state index in [0.29, 0.717) is 22.2 Å². The van der Waals surface area contributed by atoms with Crippen LogP contribution in [0, 0.1) is 0 Å². The molecule has 0 spiro atoms. The summed E-state index contributed by atoms with van der Waals surface area (Å²) in [5, 5.41) is 16.1. The van der Waals surface area contributed by atoms with Gasteiger partial charge in [-0.2, -0.15) is 5.10 Å². The van der Waals surface area contributed by atoms with Gasteiger partial charge in [-0.3, -0.25) is 4.68 Å². The molecule has 3 N–H and O–H groups in total. The van der Waals surface area contributed by atoms with Crippen molar-refractivity contribution in [2.24, 2.45) is 17.9 Å². The van der Waals surface area contributed by atoms with E-state index in [0.717, 1.165) is 0 Å². The van der Waals surface area contributed by atoms with Crippen LogP contribution in [0.3, 0.4) is 0 Å². The van der Waals surface area contributed by atoms with Crippen molar-refractivity contribution >= 4 is 17.4 Å². The van der Waals surface area contributed by atoms with Gasteiger partial charge in [0.2, 0.25) is 0 Å². The van der Waals surface area contributed by atoms with Gasteiger partial charge in [-0.05, 0) is 18.2 Å². The van der Waals surface area contributed by atoms with Crippen molar-refractivity contribution in [2.75, 3.05) is 0 Å². The second-order valence-corrected chi connectivity index (χ2v) is 4.15. The number of oxime groups is 1. The molecule has 0 atom stereocenters. The van der Waals surface area contributed by atoms with Gasteiger partial charge in [0.1, 0.15) is 18.7 Å². The summed E-state index contributed by atoms with van der Waals surface area (Å²) in [6.07, 6.45) is 1.43. The Balaban J connectivity index is 2.24. The van der Waals surface area contributed by atoms with Crippen LogP contribution in [-0.4, -0.2) is 25.8 Å². The molecule has 19 heavy (non-hydrogen) atoms. The fourth-order valence-corrected chi connectivity index (χ4v) is 1.64. The zero-order valence-electron chi connectivity index (χ0n) is 10.1. The van der Waals surface area contributed by atoms with E-state index >= 15 is 0 Å². The van der Waals surface area contributed by atoms with E-state index in [-0.39, 0.29) is 12.4 Å². The highest BCUT2D eigenvalue weighted by atomic mass is 35.5. The standard InChI is InChI=1S/C11H12ClN5O2/c1-17-10(14-6-15-17)5-19-9-4-7(12)2-3-8(9)11(13)16-18/h2-4,6,18H,5H2,1H3,(H2,13,16). The van der Waals surface area contributed by atoms with Crippen molar-refractivity contribution in [3.8, 4) is 5.75 Å².